The van der Waals surface area contributed by atoms with Crippen molar-refractivity contribution in [2.24, 2.45) is 0 Å². The second-order valence-electron chi connectivity index (χ2n) is 7.52. The molecule has 1 saturated heterocycles. The van der Waals surface area contributed by atoms with Gasteiger partial charge < -0.3 is 4.90 Å². The van der Waals surface area contributed by atoms with Crippen molar-refractivity contribution in [2.75, 3.05) is 26.2 Å². The smallest absolute Gasteiger partial charge is 0.246 e. The van der Waals surface area contributed by atoms with Gasteiger partial charge in [0.1, 0.15) is 0 Å². The maximum Gasteiger partial charge on any atom is 0.246 e. The van der Waals surface area contributed by atoms with E-state index in [1.54, 1.807) is 12.3 Å². The van der Waals surface area contributed by atoms with Gasteiger partial charge in [-0.15, -0.1) is 0 Å². The largest absolute Gasteiger partial charge is 0.338 e. The van der Waals surface area contributed by atoms with Gasteiger partial charge in [0.15, 0.2) is 0 Å². The Labute approximate surface area is 176 Å². The van der Waals surface area contributed by atoms with Crippen LogP contribution in [-0.4, -0.2) is 46.9 Å². The molecule has 0 saturated carbocycles. The molecule has 1 aliphatic rings. The molecule has 2 heterocycles. The number of carbonyl (C=O) groups excluding carboxylic acids is 1. The Morgan fingerprint density at radius 3 is 2.70 bits per heavy atom. The van der Waals surface area contributed by atoms with Crippen LogP contribution in [0.1, 0.15) is 23.1 Å². The van der Waals surface area contributed by atoms with Gasteiger partial charge in [-0.05, 0) is 36.3 Å². The molecule has 0 radical (unpaired) electrons. The van der Waals surface area contributed by atoms with Crippen molar-refractivity contribution in [3.05, 3.63) is 83.6 Å². The Bertz CT molecular complexity index is 1090. The van der Waals surface area contributed by atoms with Gasteiger partial charge in [-0.3, -0.25) is 14.7 Å². The van der Waals surface area contributed by atoms with Crippen LogP contribution in [0.5, 0.6) is 0 Å². The average molecular weight is 396 g/mol. The number of benzene rings is 2. The fourth-order valence-corrected chi connectivity index (χ4v) is 3.82. The second-order valence-corrected chi connectivity index (χ2v) is 7.52. The summed E-state index contributed by atoms with van der Waals surface area (Å²) in [6.07, 6.45) is 6.27. The Hall–Kier alpha value is -3.49. The molecule has 2 aromatic carbocycles. The summed E-state index contributed by atoms with van der Waals surface area (Å²) in [6, 6.07) is 19.8. The summed E-state index contributed by atoms with van der Waals surface area (Å²) in [5.74, 6) is 0.0446. The van der Waals surface area contributed by atoms with Crippen molar-refractivity contribution in [2.45, 2.75) is 13.0 Å². The SMILES string of the molecule is N#Cc1ccc(CN2CCCN(C(=O)/C=C/c3cccc4cccnc34)CC2)cc1. The second kappa shape index (κ2) is 9.34. The molecule has 1 fully saturated rings. The van der Waals surface area contributed by atoms with Crippen LogP contribution in [0.15, 0.2) is 66.9 Å². The number of hydrogen-bond donors (Lipinski definition) is 0. The van der Waals surface area contributed by atoms with E-state index < -0.39 is 0 Å². The lowest BCUT2D eigenvalue weighted by Gasteiger charge is -2.21. The third kappa shape index (κ3) is 4.73. The summed E-state index contributed by atoms with van der Waals surface area (Å²) < 4.78 is 0. The highest BCUT2D eigenvalue weighted by Gasteiger charge is 2.17. The maximum atomic E-state index is 12.8. The first kappa shape index (κ1) is 19.8. The molecular weight excluding hydrogens is 372 g/mol. The van der Waals surface area contributed by atoms with Crippen LogP contribution < -0.4 is 0 Å². The highest BCUT2D eigenvalue weighted by Crippen LogP contribution is 2.17. The van der Waals surface area contributed by atoms with Crippen LogP contribution in [0.25, 0.3) is 17.0 Å². The van der Waals surface area contributed by atoms with Crippen LogP contribution in [0.2, 0.25) is 0 Å². The fraction of sp³-hybridized carbons (Fsp3) is 0.240. The molecule has 1 aliphatic heterocycles. The van der Waals surface area contributed by atoms with Gasteiger partial charge in [0, 0.05) is 55.9 Å². The summed E-state index contributed by atoms with van der Waals surface area (Å²) in [6.45, 7) is 4.12. The molecule has 0 bridgehead atoms. The molecular formula is C25H24N4O. The van der Waals surface area contributed by atoms with Crippen LogP contribution >= 0.6 is 0 Å². The fourth-order valence-electron chi connectivity index (χ4n) is 3.82. The first-order valence-corrected chi connectivity index (χ1v) is 10.2. The molecule has 1 aromatic heterocycles. The number of hydrogen-bond acceptors (Lipinski definition) is 4. The molecule has 0 unspecified atom stereocenters. The number of nitriles is 1. The molecule has 1 amide bonds. The number of pyridine rings is 1. The van der Waals surface area contributed by atoms with Crippen molar-refractivity contribution in [1.29, 1.82) is 5.26 Å². The molecule has 0 N–H and O–H groups in total. The first-order chi connectivity index (χ1) is 14.7. The number of para-hydroxylation sites is 1. The molecule has 5 nitrogen and oxygen atoms in total. The van der Waals surface area contributed by atoms with E-state index in [2.05, 4.69) is 16.0 Å². The summed E-state index contributed by atoms with van der Waals surface area (Å²) in [4.78, 5) is 21.5. The summed E-state index contributed by atoms with van der Waals surface area (Å²) in [7, 11) is 0. The third-order valence-electron chi connectivity index (χ3n) is 5.46. The van der Waals surface area contributed by atoms with E-state index >= 15 is 0 Å². The van der Waals surface area contributed by atoms with Crippen molar-refractivity contribution >= 4 is 22.9 Å². The van der Waals surface area contributed by atoms with E-state index in [0.29, 0.717) is 12.1 Å². The zero-order chi connectivity index (χ0) is 20.8. The Kier molecular flexibility index (Phi) is 6.17. The highest BCUT2D eigenvalue weighted by molar-refractivity contribution is 5.95. The van der Waals surface area contributed by atoms with Gasteiger partial charge >= 0.3 is 0 Å². The molecule has 0 spiro atoms. The lowest BCUT2D eigenvalue weighted by Crippen LogP contribution is -2.34. The number of amides is 1. The van der Waals surface area contributed by atoms with Crippen molar-refractivity contribution < 1.29 is 4.79 Å². The Morgan fingerprint density at radius 2 is 1.87 bits per heavy atom. The third-order valence-corrected chi connectivity index (χ3v) is 5.46. The van der Waals surface area contributed by atoms with E-state index in [1.165, 1.54) is 5.56 Å². The summed E-state index contributed by atoms with van der Waals surface area (Å²) >= 11 is 0. The molecule has 5 heteroatoms. The monoisotopic (exact) mass is 396 g/mol. The number of rotatable bonds is 4. The van der Waals surface area contributed by atoms with E-state index in [-0.39, 0.29) is 5.91 Å². The van der Waals surface area contributed by atoms with E-state index in [9.17, 15) is 4.79 Å². The normalized spacial score (nSPS) is 15.2. The average Bonchev–Trinajstić information content (AvgIpc) is 3.03. The Morgan fingerprint density at radius 1 is 1.03 bits per heavy atom. The molecule has 0 atom stereocenters. The lowest BCUT2D eigenvalue weighted by molar-refractivity contribution is -0.125. The lowest BCUT2D eigenvalue weighted by atomic mass is 10.1. The summed E-state index contributed by atoms with van der Waals surface area (Å²) in [5.41, 5.74) is 3.74. The zero-order valence-corrected chi connectivity index (χ0v) is 16.9. The molecule has 30 heavy (non-hydrogen) atoms. The molecule has 3 aromatic rings. The van der Waals surface area contributed by atoms with Gasteiger partial charge in [-0.25, -0.2) is 0 Å². The van der Waals surface area contributed by atoms with Gasteiger partial charge in [-0.2, -0.15) is 5.26 Å². The number of aromatic nitrogens is 1. The maximum absolute atomic E-state index is 12.8. The zero-order valence-electron chi connectivity index (χ0n) is 16.9. The first-order valence-electron chi connectivity index (χ1n) is 10.2. The van der Waals surface area contributed by atoms with E-state index in [4.69, 9.17) is 5.26 Å². The van der Waals surface area contributed by atoms with Crippen LogP contribution in [0.3, 0.4) is 0 Å². The number of nitrogens with zero attached hydrogens (tertiary/aromatic N) is 4. The highest BCUT2D eigenvalue weighted by atomic mass is 16.2. The van der Waals surface area contributed by atoms with Gasteiger partial charge in [-0.1, -0.05) is 36.4 Å². The summed E-state index contributed by atoms with van der Waals surface area (Å²) in [5, 5.41) is 10.00. The van der Waals surface area contributed by atoms with E-state index in [1.807, 2.05) is 65.6 Å². The van der Waals surface area contributed by atoms with Gasteiger partial charge in [0.2, 0.25) is 5.91 Å². The quantitative estimate of drug-likeness (QED) is 0.629. The van der Waals surface area contributed by atoms with Crippen molar-refractivity contribution in [3.63, 3.8) is 0 Å². The molecule has 150 valence electrons. The minimum Gasteiger partial charge on any atom is -0.338 e. The van der Waals surface area contributed by atoms with Crippen molar-refractivity contribution in [1.82, 2.24) is 14.8 Å². The molecule has 4 rings (SSSR count). The number of fused-ring (bicyclic) bond motifs is 1. The topological polar surface area (TPSA) is 60.2 Å². The minimum atomic E-state index is 0.0446. The molecule has 0 aliphatic carbocycles. The number of carbonyl (C=O) groups is 1. The van der Waals surface area contributed by atoms with E-state index in [0.717, 1.165) is 49.1 Å². The van der Waals surface area contributed by atoms with Crippen LogP contribution in [0.4, 0.5) is 0 Å². The van der Waals surface area contributed by atoms with Gasteiger partial charge in [0.25, 0.3) is 0 Å². The van der Waals surface area contributed by atoms with Crippen molar-refractivity contribution in [3.8, 4) is 6.07 Å². The predicted octanol–water partition coefficient (Wildman–Crippen LogP) is 3.85. The standard InChI is InChI=1S/C25H24N4O/c26-18-20-7-9-21(10-8-20)19-28-14-3-15-29(17-16-28)24(30)12-11-23-5-1-4-22-6-2-13-27-25(22)23/h1-2,4-13H,3,14-17,19H2/b12-11+. The Balaban J connectivity index is 1.37. The minimum absolute atomic E-state index is 0.0446. The van der Waals surface area contributed by atoms with Crippen LogP contribution in [-0.2, 0) is 11.3 Å². The predicted molar refractivity (Wildman–Crippen MR) is 118 cm³/mol. The van der Waals surface area contributed by atoms with Gasteiger partial charge in [0.05, 0.1) is 17.1 Å². The van der Waals surface area contributed by atoms with Crippen LogP contribution in [0, 0.1) is 11.3 Å².